The van der Waals surface area contributed by atoms with Crippen molar-refractivity contribution in [2.75, 3.05) is 6.61 Å². The zero-order valence-electron chi connectivity index (χ0n) is 11.0. The van der Waals surface area contributed by atoms with Gasteiger partial charge in [-0.05, 0) is 16.3 Å². The Balaban J connectivity index is 2.27. The maximum absolute atomic E-state index is 13.2. The van der Waals surface area contributed by atoms with E-state index in [-0.39, 0.29) is 0 Å². The summed E-state index contributed by atoms with van der Waals surface area (Å²) in [6.45, 7) is -0.717. The highest BCUT2D eigenvalue weighted by molar-refractivity contribution is 5.87. The number of hydrogen-bond donors (Lipinski definition) is 0. The van der Waals surface area contributed by atoms with Crippen LogP contribution in [0.3, 0.4) is 0 Å². The Bertz CT molecular complexity index is 716. The second-order valence-corrected chi connectivity index (χ2v) is 4.86. The van der Waals surface area contributed by atoms with Crippen LogP contribution in [0.15, 0.2) is 72.8 Å². The second kappa shape index (κ2) is 5.08. The van der Waals surface area contributed by atoms with E-state index in [0.717, 1.165) is 10.8 Å². The number of rotatable bonds is 3. The average Bonchev–Trinajstić information content (AvgIpc) is 2.54. The maximum Gasteiger partial charge on any atom is 0.180 e. The quantitative estimate of drug-likeness (QED) is 0.686. The van der Waals surface area contributed by atoms with Crippen molar-refractivity contribution < 1.29 is 10.2 Å². The molecule has 3 aromatic rings. The summed E-state index contributed by atoms with van der Waals surface area (Å²) in [5, 5.41) is 26.7. The molecule has 0 saturated carbocycles. The summed E-state index contributed by atoms with van der Waals surface area (Å²) in [5.41, 5.74) is -0.676. The van der Waals surface area contributed by atoms with Crippen LogP contribution in [0.2, 0.25) is 0 Å². The first kappa shape index (κ1) is 12.9. The summed E-state index contributed by atoms with van der Waals surface area (Å²) in [4.78, 5) is 0. The molecule has 0 fully saturated rings. The van der Waals surface area contributed by atoms with Crippen molar-refractivity contribution in [2.24, 2.45) is 0 Å². The molecule has 20 heavy (non-hydrogen) atoms. The van der Waals surface area contributed by atoms with Crippen molar-refractivity contribution in [3.8, 4) is 0 Å². The van der Waals surface area contributed by atoms with Crippen molar-refractivity contribution in [1.82, 2.24) is 0 Å². The van der Waals surface area contributed by atoms with E-state index in [4.69, 9.17) is 0 Å². The summed E-state index contributed by atoms with van der Waals surface area (Å²) in [6, 6.07) is 22.1. The fraction of sp³-hybridized carbons (Fsp3) is 0.111. The molecule has 0 saturated heterocycles. The molecule has 0 spiro atoms. The summed E-state index contributed by atoms with van der Waals surface area (Å²) in [6.07, 6.45) is 0. The first-order valence-electron chi connectivity index (χ1n) is 6.58. The van der Waals surface area contributed by atoms with Crippen LogP contribution in [0.5, 0.6) is 0 Å². The van der Waals surface area contributed by atoms with Crippen LogP contribution in [0.25, 0.3) is 10.8 Å². The number of benzene rings is 3. The van der Waals surface area contributed by atoms with E-state index in [1.54, 1.807) is 30.3 Å². The topological polar surface area (TPSA) is 39.8 Å². The van der Waals surface area contributed by atoms with E-state index < -0.39 is 12.2 Å². The summed E-state index contributed by atoms with van der Waals surface area (Å²) < 4.78 is 0. The van der Waals surface area contributed by atoms with Gasteiger partial charge in [0, 0.05) is 5.56 Å². The fourth-order valence-electron chi connectivity index (χ4n) is 2.60. The lowest BCUT2D eigenvalue weighted by Gasteiger charge is -2.25. The number of fused-ring (bicyclic) bond motifs is 1. The van der Waals surface area contributed by atoms with Crippen LogP contribution >= 0.6 is 0 Å². The molecular formula is C18H14O2. The van der Waals surface area contributed by atoms with Gasteiger partial charge in [0.05, 0.1) is 0 Å². The Morgan fingerprint density at radius 1 is 0.750 bits per heavy atom. The summed E-state index contributed by atoms with van der Waals surface area (Å²) in [7, 11) is 0. The summed E-state index contributed by atoms with van der Waals surface area (Å²) >= 11 is 0. The van der Waals surface area contributed by atoms with Crippen molar-refractivity contribution in [3.05, 3.63) is 83.9 Å². The first-order chi connectivity index (χ1) is 9.75. The second-order valence-electron chi connectivity index (χ2n) is 4.86. The minimum absolute atomic E-state index is 0.520. The Morgan fingerprint density at radius 3 is 2.15 bits per heavy atom. The van der Waals surface area contributed by atoms with Crippen LogP contribution in [0.4, 0.5) is 0 Å². The van der Waals surface area contributed by atoms with Gasteiger partial charge >= 0.3 is 0 Å². The zero-order chi connectivity index (χ0) is 14.0. The lowest BCUT2D eigenvalue weighted by atomic mass is 9.84. The van der Waals surface area contributed by atoms with Gasteiger partial charge in [0.2, 0.25) is 0 Å². The third-order valence-electron chi connectivity index (χ3n) is 3.67. The van der Waals surface area contributed by atoms with Gasteiger partial charge in [-0.2, -0.15) is 0 Å². The molecule has 0 heterocycles. The normalized spacial score (nSPS) is 14.1. The molecule has 1 atom stereocenters. The highest BCUT2D eigenvalue weighted by atomic mass is 16.3. The van der Waals surface area contributed by atoms with Crippen molar-refractivity contribution >= 4 is 10.8 Å². The molecule has 0 aromatic heterocycles. The monoisotopic (exact) mass is 262 g/mol. The van der Waals surface area contributed by atoms with Gasteiger partial charge in [-0.25, -0.2) is 10.2 Å². The van der Waals surface area contributed by atoms with Gasteiger partial charge in [-0.1, -0.05) is 72.8 Å². The molecule has 0 bridgehead atoms. The molecule has 0 N–H and O–H groups in total. The molecule has 2 nitrogen and oxygen atoms in total. The van der Waals surface area contributed by atoms with Gasteiger partial charge in [0.25, 0.3) is 0 Å². The Kier molecular flexibility index (Phi) is 3.26. The SMILES string of the molecule is [O]CC([O])(c1ccccc1)c1cccc2ccccc12. The molecule has 2 heteroatoms. The molecule has 2 radical (unpaired) electrons. The van der Waals surface area contributed by atoms with Crippen molar-refractivity contribution in [2.45, 2.75) is 5.60 Å². The largest absolute Gasteiger partial charge is 0.233 e. The van der Waals surface area contributed by atoms with Crippen LogP contribution < -0.4 is 0 Å². The molecule has 0 amide bonds. The molecule has 98 valence electrons. The van der Waals surface area contributed by atoms with Crippen molar-refractivity contribution in [3.63, 3.8) is 0 Å². The molecule has 1 unspecified atom stereocenters. The molecular weight excluding hydrogens is 248 g/mol. The van der Waals surface area contributed by atoms with Crippen LogP contribution in [-0.2, 0) is 15.8 Å². The van der Waals surface area contributed by atoms with Gasteiger partial charge in [0.1, 0.15) is 6.61 Å². The maximum atomic E-state index is 13.2. The smallest absolute Gasteiger partial charge is 0.180 e. The van der Waals surface area contributed by atoms with E-state index in [2.05, 4.69) is 0 Å². The van der Waals surface area contributed by atoms with Crippen molar-refractivity contribution in [1.29, 1.82) is 0 Å². The van der Waals surface area contributed by atoms with Crippen LogP contribution in [-0.4, -0.2) is 6.61 Å². The molecule has 0 aliphatic rings. The number of hydrogen-bond acceptors (Lipinski definition) is 0. The van der Waals surface area contributed by atoms with E-state index >= 15 is 0 Å². The lowest BCUT2D eigenvalue weighted by molar-refractivity contribution is -0.0623. The molecule has 3 aromatic carbocycles. The molecule has 0 aliphatic heterocycles. The van der Waals surface area contributed by atoms with Gasteiger partial charge in [0.15, 0.2) is 5.60 Å². The van der Waals surface area contributed by atoms with E-state index in [9.17, 15) is 10.2 Å². The minimum Gasteiger partial charge on any atom is -0.233 e. The van der Waals surface area contributed by atoms with Gasteiger partial charge in [-0.15, -0.1) is 0 Å². The first-order valence-corrected chi connectivity index (χ1v) is 6.58. The zero-order valence-corrected chi connectivity index (χ0v) is 11.0. The highest BCUT2D eigenvalue weighted by Gasteiger charge is 2.35. The Hall–Kier alpha value is -2.16. The van der Waals surface area contributed by atoms with E-state index in [1.807, 2.05) is 42.5 Å². The molecule has 0 aliphatic carbocycles. The van der Waals surface area contributed by atoms with E-state index in [0.29, 0.717) is 11.1 Å². The third kappa shape index (κ3) is 1.99. The van der Waals surface area contributed by atoms with Gasteiger partial charge < -0.3 is 0 Å². The molecule has 3 rings (SSSR count). The Labute approximate surface area is 117 Å². The lowest BCUT2D eigenvalue weighted by Crippen LogP contribution is -2.29. The Morgan fingerprint density at radius 2 is 1.40 bits per heavy atom. The van der Waals surface area contributed by atoms with Crippen LogP contribution in [0.1, 0.15) is 11.1 Å². The predicted molar refractivity (Wildman–Crippen MR) is 77.4 cm³/mol. The standard InChI is InChI=1S/C18H14O2/c19-13-18(20,15-9-2-1-3-10-15)17-12-6-8-14-7-4-5-11-16(14)17/h1-12H,13H2. The summed E-state index contributed by atoms with van der Waals surface area (Å²) in [5.74, 6) is 0. The van der Waals surface area contributed by atoms with E-state index in [1.165, 1.54) is 0 Å². The van der Waals surface area contributed by atoms with Crippen LogP contribution in [0, 0.1) is 0 Å². The average molecular weight is 262 g/mol. The minimum atomic E-state index is -1.75. The third-order valence-corrected chi connectivity index (χ3v) is 3.67. The fourth-order valence-corrected chi connectivity index (χ4v) is 2.60. The van der Waals surface area contributed by atoms with Gasteiger partial charge in [-0.3, -0.25) is 0 Å². The predicted octanol–water partition coefficient (Wildman–Crippen LogP) is 3.94. The highest BCUT2D eigenvalue weighted by Crippen LogP contribution is 2.34.